The van der Waals surface area contributed by atoms with E-state index in [2.05, 4.69) is 41.2 Å². The summed E-state index contributed by atoms with van der Waals surface area (Å²) in [6.07, 6.45) is 8.37. The number of carbonyl (C=O) groups is 1. The van der Waals surface area contributed by atoms with Gasteiger partial charge in [-0.2, -0.15) is 5.10 Å². The number of aryl methyl sites for hydroxylation is 1. The van der Waals surface area contributed by atoms with Crippen LogP contribution in [0.3, 0.4) is 0 Å². The number of pyridine rings is 1. The number of rotatable bonds is 6. The van der Waals surface area contributed by atoms with Gasteiger partial charge in [-0.05, 0) is 62.1 Å². The highest BCUT2D eigenvalue weighted by Crippen LogP contribution is 2.32. The quantitative estimate of drug-likeness (QED) is 0.384. The number of hydrogen-bond acceptors (Lipinski definition) is 4. The molecule has 0 unspecified atom stereocenters. The number of benzene rings is 1. The van der Waals surface area contributed by atoms with E-state index in [1.54, 1.807) is 11.6 Å². The van der Waals surface area contributed by atoms with Crippen molar-refractivity contribution in [3.63, 3.8) is 0 Å². The summed E-state index contributed by atoms with van der Waals surface area (Å²) in [6.45, 7) is 4.22. The number of likely N-dealkylation sites (tertiary alicyclic amines) is 1. The molecule has 150 valence electrons. The SMILES string of the molecule is Cc1nn2ccccc2c1CCN1CCC[C@@H]1c1ccc(/C=C/C(=O)NO)cc1. The molecule has 4 rings (SSSR count). The highest BCUT2D eigenvalue weighted by atomic mass is 16.5. The molecule has 0 spiro atoms. The third kappa shape index (κ3) is 4.23. The Morgan fingerprint density at radius 3 is 2.90 bits per heavy atom. The van der Waals surface area contributed by atoms with Gasteiger partial charge in [0.15, 0.2) is 0 Å². The van der Waals surface area contributed by atoms with Crippen LogP contribution in [0.4, 0.5) is 0 Å². The van der Waals surface area contributed by atoms with Gasteiger partial charge in [0.05, 0.1) is 11.2 Å². The van der Waals surface area contributed by atoms with E-state index in [0.717, 1.165) is 37.2 Å². The highest BCUT2D eigenvalue weighted by Gasteiger charge is 2.26. The molecule has 6 nitrogen and oxygen atoms in total. The molecule has 0 radical (unpaired) electrons. The summed E-state index contributed by atoms with van der Waals surface area (Å²) in [5.74, 6) is -0.529. The lowest BCUT2D eigenvalue weighted by atomic mass is 10.0. The number of aromatic nitrogens is 2. The lowest BCUT2D eigenvalue weighted by Gasteiger charge is -2.25. The fraction of sp³-hybridized carbons (Fsp3) is 0.304. The van der Waals surface area contributed by atoms with Crippen molar-refractivity contribution in [2.75, 3.05) is 13.1 Å². The van der Waals surface area contributed by atoms with Crippen LogP contribution in [0.25, 0.3) is 11.6 Å². The van der Waals surface area contributed by atoms with E-state index in [9.17, 15) is 4.79 Å². The van der Waals surface area contributed by atoms with Gasteiger partial charge in [0, 0.05) is 30.4 Å². The molecule has 1 aliphatic rings. The molecule has 1 aliphatic heterocycles. The zero-order valence-electron chi connectivity index (χ0n) is 16.6. The second kappa shape index (κ2) is 8.59. The molecule has 3 heterocycles. The maximum Gasteiger partial charge on any atom is 0.267 e. The van der Waals surface area contributed by atoms with Crippen LogP contribution in [0.2, 0.25) is 0 Å². The zero-order chi connectivity index (χ0) is 20.2. The second-order valence-corrected chi connectivity index (χ2v) is 7.51. The lowest BCUT2D eigenvalue weighted by molar-refractivity contribution is -0.124. The van der Waals surface area contributed by atoms with E-state index in [-0.39, 0.29) is 0 Å². The second-order valence-electron chi connectivity index (χ2n) is 7.51. The average Bonchev–Trinajstić information content (AvgIpc) is 3.34. The molecule has 1 fully saturated rings. The van der Waals surface area contributed by atoms with Gasteiger partial charge in [0.1, 0.15) is 0 Å². The summed E-state index contributed by atoms with van der Waals surface area (Å²) in [6, 6.07) is 15.0. The van der Waals surface area contributed by atoms with Crippen LogP contribution in [-0.4, -0.2) is 38.7 Å². The Morgan fingerprint density at radius 1 is 1.28 bits per heavy atom. The topological polar surface area (TPSA) is 69.9 Å². The van der Waals surface area contributed by atoms with Crippen molar-refractivity contribution in [3.05, 3.63) is 77.1 Å². The van der Waals surface area contributed by atoms with E-state index in [1.807, 2.05) is 28.9 Å². The first kappa shape index (κ1) is 19.4. The Labute approximate surface area is 170 Å². The van der Waals surface area contributed by atoms with Gasteiger partial charge in [0.25, 0.3) is 5.91 Å². The summed E-state index contributed by atoms with van der Waals surface area (Å²) < 4.78 is 1.97. The minimum atomic E-state index is -0.529. The van der Waals surface area contributed by atoms with Crippen LogP contribution in [0.15, 0.2) is 54.7 Å². The maximum absolute atomic E-state index is 11.1. The molecule has 0 saturated carbocycles. The van der Waals surface area contributed by atoms with Crippen LogP contribution >= 0.6 is 0 Å². The van der Waals surface area contributed by atoms with Gasteiger partial charge < -0.3 is 0 Å². The molecule has 3 aromatic rings. The highest BCUT2D eigenvalue weighted by molar-refractivity contribution is 5.90. The van der Waals surface area contributed by atoms with E-state index in [0.29, 0.717) is 6.04 Å². The predicted octanol–water partition coefficient (Wildman–Crippen LogP) is 3.54. The minimum Gasteiger partial charge on any atom is -0.296 e. The summed E-state index contributed by atoms with van der Waals surface area (Å²) in [5, 5.41) is 13.2. The molecule has 1 atom stereocenters. The molecular formula is C23H26N4O2. The fourth-order valence-corrected chi connectivity index (χ4v) is 4.24. The zero-order valence-corrected chi connectivity index (χ0v) is 16.6. The van der Waals surface area contributed by atoms with Crippen molar-refractivity contribution in [3.8, 4) is 0 Å². The molecular weight excluding hydrogens is 364 g/mol. The summed E-state index contributed by atoms with van der Waals surface area (Å²) in [4.78, 5) is 13.7. The molecule has 6 heteroatoms. The van der Waals surface area contributed by atoms with Crippen molar-refractivity contribution < 1.29 is 10.0 Å². The van der Waals surface area contributed by atoms with E-state index in [1.165, 1.54) is 29.1 Å². The largest absolute Gasteiger partial charge is 0.296 e. The van der Waals surface area contributed by atoms with Crippen LogP contribution in [0.1, 0.15) is 41.3 Å². The average molecular weight is 390 g/mol. The van der Waals surface area contributed by atoms with Gasteiger partial charge in [-0.3, -0.25) is 14.9 Å². The number of amides is 1. The predicted molar refractivity (Wildman–Crippen MR) is 113 cm³/mol. The lowest BCUT2D eigenvalue weighted by Crippen LogP contribution is -2.25. The normalized spacial score (nSPS) is 17.4. The summed E-state index contributed by atoms with van der Waals surface area (Å²) in [7, 11) is 0. The summed E-state index contributed by atoms with van der Waals surface area (Å²) in [5.41, 5.74) is 7.48. The summed E-state index contributed by atoms with van der Waals surface area (Å²) >= 11 is 0. The molecule has 1 amide bonds. The molecule has 0 bridgehead atoms. The number of hydrogen-bond donors (Lipinski definition) is 2. The standard InChI is InChI=1S/C23H26N4O2/c1-17-20(22-5-2-3-15-27(22)24-17)13-16-26-14-4-6-21(26)19-10-7-18(8-11-19)9-12-23(28)25-29/h2-3,5,7-12,15,21,29H,4,6,13-14,16H2,1H3,(H,25,28)/b12-9+/t21-/m1/s1. The number of carbonyl (C=O) groups excluding carboxylic acids is 1. The van der Waals surface area contributed by atoms with Crippen molar-refractivity contribution in [1.29, 1.82) is 0 Å². The monoisotopic (exact) mass is 390 g/mol. The first-order valence-corrected chi connectivity index (χ1v) is 10.0. The van der Waals surface area contributed by atoms with Crippen molar-refractivity contribution in [2.24, 2.45) is 0 Å². The molecule has 1 aromatic carbocycles. The number of hydroxylamine groups is 1. The van der Waals surface area contributed by atoms with E-state index < -0.39 is 5.91 Å². The smallest absolute Gasteiger partial charge is 0.267 e. The van der Waals surface area contributed by atoms with Crippen LogP contribution in [-0.2, 0) is 11.2 Å². The Morgan fingerprint density at radius 2 is 2.10 bits per heavy atom. The van der Waals surface area contributed by atoms with Crippen molar-refractivity contribution in [1.82, 2.24) is 20.0 Å². The number of nitrogens with zero attached hydrogens (tertiary/aromatic N) is 3. The van der Waals surface area contributed by atoms with Crippen molar-refractivity contribution >= 4 is 17.5 Å². The van der Waals surface area contributed by atoms with Gasteiger partial charge in [0.2, 0.25) is 0 Å². The van der Waals surface area contributed by atoms with E-state index >= 15 is 0 Å². The molecule has 29 heavy (non-hydrogen) atoms. The minimum absolute atomic E-state index is 0.427. The Hall–Kier alpha value is -2.96. The molecule has 1 saturated heterocycles. The Kier molecular flexibility index (Phi) is 5.74. The van der Waals surface area contributed by atoms with Gasteiger partial charge in [-0.15, -0.1) is 0 Å². The van der Waals surface area contributed by atoms with Crippen LogP contribution < -0.4 is 5.48 Å². The van der Waals surface area contributed by atoms with Gasteiger partial charge in [-0.1, -0.05) is 30.3 Å². The first-order valence-electron chi connectivity index (χ1n) is 10.0. The van der Waals surface area contributed by atoms with Crippen LogP contribution in [0, 0.1) is 6.92 Å². The number of nitrogens with one attached hydrogen (secondary N) is 1. The molecule has 2 aromatic heterocycles. The van der Waals surface area contributed by atoms with Gasteiger partial charge in [-0.25, -0.2) is 10.00 Å². The third-order valence-electron chi connectivity index (χ3n) is 5.71. The van der Waals surface area contributed by atoms with Crippen LogP contribution in [0.5, 0.6) is 0 Å². The van der Waals surface area contributed by atoms with Crippen molar-refractivity contribution in [2.45, 2.75) is 32.2 Å². The fourth-order valence-electron chi connectivity index (χ4n) is 4.24. The molecule has 0 aliphatic carbocycles. The maximum atomic E-state index is 11.1. The Bertz CT molecular complexity index is 1020. The number of fused-ring (bicyclic) bond motifs is 1. The van der Waals surface area contributed by atoms with E-state index in [4.69, 9.17) is 5.21 Å². The third-order valence-corrected chi connectivity index (χ3v) is 5.71. The Balaban J connectivity index is 1.44. The van der Waals surface area contributed by atoms with Gasteiger partial charge >= 0.3 is 0 Å². The first-order chi connectivity index (χ1) is 14.2. The molecule has 2 N–H and O–H groups in total.